The van der Waals surface area contributed by atoms with E-state index in [-0.39, 0.29) is 5.82 Å². The second-order valence-electron chi connectivity index (χ2n) is 4.94. The summed E-state index contributed by atoms with van der Waals surface area (Å²) >= 11 is 0. The Hall–Kier alpha value is -1.71. The highest BCUT2D eigenvalue weighted by Crippen LogP contribution is 2.10. The predicted octanol–water partition coefficient (Wildman–Crippen LogP) is 3.57. The van der Waals surface area contributed by atoms with Gasteiger partial charge in [-0.1, -0.05) is 36.4 Å². The average Bonchev–Trinajstić information content (AvgIpc) is 2.44. The van der Waals surface area contributed by atoms with Crippen molar-refractivity contribution in [3.05, 3.63) is 70.5 Å². The van der Waals surface area contributed by atoms with Crippen molar-refractivity contribution in [1.82, 2.24) is 5.32 Å². The fourth-order valence-corrected chi connectivity index (χ4v) is 2.09. The molecule has 0 radical (unpaired) electrons. The van der Waals surface area contributed by atoms with Gasteiger partial charge in [-0.2, -0.15) is 0 Å². The molecule has 2 aromatic rings. The van der Waals surface area contributed by atoms with Gasteiger partial charge in [-0.3, -0.25) is 0 Å². The largest absolute Gasteiger partial charge is 0.380 e. The van der Waals surface area contributed by atoms with Crippen molar-refractivity contribution in [2.24, 2.45) is 0 Å². The molecule has 0 heterocycles. The lowest BCUT2D eigenvalue weighted by Crippen LogP contribution is -2.13. The number of hydrogen-bond donors (Lipinski definition) is 1. The molecular weight excluding hydrogens is 253 g/mol. The molecule has 2 aromatic carbocycles. The average molecular weight is 273 g/mol. The second-order valence-corrected chi connectivity index (χ2v) is 4.94. The van der Waals surface area contributed by atoms with Crippen LogP contribution in [0.1, 0.15) is 22.3 Å². The zero-order valence-electron chi connectivity index (χ0n) is 11.9. The van der Waals surface area contributed by atoms with Gasteiger partial charge in [-0.05, 0) is 35.2 Å². The molecular formula is C17H20FNO. The van der Waals surface area contributed by atoms with Crippen LogP contribution in [0.3, 0.4) is 0 Å². The van der Waals surface area contributed by atoms with E-state index in [0.29, 0.717) is 18.7 Å². The lowest BCUT2D eigenvalue weighted by molar-refractivity contribution is 0.185. The van der Waals surface area contributed by atoms with Gasteiger partial charge >= 0.3 is 0 Å². The highest BCUT2D eigenvalue weighted by Gasteiger charge is 2.00. The summed E-state index contributed by atoms with van der Waals surface area (Å²) in [5.41, 5.74) is 4.00. The summed E-state index contributed by atoms with van der Waals surface area (Å²) in [4.78, 5) is 0. The quantitative estimate of drug-likeness (QED) is 0.868. The number of rotatable bonds is 6. The lowest BCUT2D eigenvalue weighted by Gasteiger charge is -2.08. The van der Waals surface area contributed by atoms with Gasteiger partial charge in [-0.25, -0.2) is 4.39 Å². The summed E-state index contributed by atoms with van der Waals surface area (Å²) in [7, 11) is 1.69. The first-order chi connectivity index (χ1) is 9.69. The summed E-state index contributed by atoms with van der Waals surface area (Å²) in [5.74, 6) is -0.147. The Kier molecular flexibility index (Phi) is 5.27. The first-order valence-corrected chi connectivity index (χ1v) is 6.71. The minimum atomic E-state index is -0.147. The van der Waals surface area contributed by atoms with Gasteiger partial charge in [0.25, 0.3) is 0 Å². The number of benzene rings is 2. The summed E-state index contributed by atoms with van der Waals surface area (Å²) in [6.45, 7) is 3.81. The highest BCUT2D eigenvalue weighted by atomic mass is 19.1. The van der Waals surface area contributed by atoms with E-state index in [2.05, 4.69) is 17.4 Å². The Morgan fingerprint density at radius 2 is 1.70 bits per heavy atom. The van der Waals surface area contributed by atoms with Crippen molar-refractivity contribution >= 4 is 0 Å². The molecule has 0 amide bonds. The standard InChI is InChI=1S/C17H20FNO/c1-13-6-7-15(9-17(13)18)11-19-10-14-4-3-5-16(8-14)12-20-2/h3-9,19H,10-12H2,1-2H3. The summed E-state index contributed by atoms with van der Waals surface area (Å²) in [6, 6.07) is 13.6. The van der Waals surface area contributed by atoms with Gasteiger partial charge in [-0.15, -0.1) is 0 Å². The molecule has 0 aliphatic rings. The molecule has 0 saturated heterocycles. The molecule has 3 heteroatoms. The molecule has 0 aliphatic carbocycles. The third-order valence-electron chi connectivity index (χ3n) is 3.20. The predicted molar refractivity (Wildman–Crippen MR) is 78.8 cm³/mol. The maximum Gasteiger partial charge on any atom is 0.126 e. The van der Waals surface area contributed by atoms with Crippen LogP contribution in [-0.2, 0) is 24.4 Å². The number of aryl methyl sites for hydroxylation is 1. The van der Waals surface area contributed by atoms with E-state index in [1.807, 2.05) is 24.3 Å². The summed E-state index contributed by atoms with van der Waals surface area (Å²) < 4.78 is 18.5. The maximum atomic E-state index is 13.4. The molecule has 0 unspecified atom stereocenters. The van der Waals surface area contributed by atoms with Crippen LogP contribution in [0.2, 0.25) is 0 Å². The van der Waals surface area contributed by atoms with E-state index in [1.165, 1.54) is 5.56 Å². The molecule has 0 bridgehead atoms. The molecule has 0 fully saturated rings. The number of nitrogens with one attached hydrogen (secondary N) is 1. The third-order valence-corrected chi connectivity index (χ3v) is 3.20. The Bertz CT molecular complexity index is 569. The van der Waals surface area contributed by atoms with E-state index >= 15 is 0 Å². The molecule has 0 aliphatic heterocycles. The molecule has 2 rings (SSSR count). The van der Waals surface area contributed by atoms with E-state index < -0.39 is 0 Å². The van der Waals surface area contributed by atoms with Gasteiger partial charge < -0.3 is 10.1 Å². The number of halogens is 1. The molecule has 0 spiro atoms. The SMILES string of the molecule is COCc1cccc(CNCc2ccc(C)c(F)c2)c1. The van der Waals surface area contributed by atoms with Gasteiger partial charge in [0.15, 0.2) is 0 Å². The Morgan fingerprint density at radius 3 is 2.40 bits per heavy atom. The van der Waals surface area contributed by atoms with Crippen LogP contribution in [0.15, 0.2) is 42.5 Å². The lowest BCUT2D eigenvalue weighted by atomic mass is 10.1. The van der Waals surface area contributed by atoms with Crippen molar-refractivity contribution in [3.8, 4) is 0 Å². The van der Waals surface area contributed by atoms with Gasteiger partial charge in [0.1, 0.15) is 5.82 Å². The van der Waals surface area contributed by atoms with Crippen molar-refractivity contribution in [2.45, 2.75) is 26.6 Å². The number of hydrogen-bond acceptors (Lipinski definition) is 2. The Morgan fingerprint density at radius 1 is 1.00 bits per heavy atom. The molecule has 0 aromatic heterocycles. The topological polar surface area (TPSA) is 21.3 Å². The van der Waals surface area contributed by atoms with E-state index in [9.17, 15) is 4.39 Å². The number of methoxy groups -OCH3 is 1. The van der Waals surface area contributed by atoms with Crippen LogP contribution in [0.4, 0.5) is 4.39 Å². The molecule has 106 valence electrons. The minimum Gasteiger partial charge on any atom is -0.380 e. The van der Waals surface area contributed by atoms with Crippen molar-refractivity contribution in [3.63, 3.8) is 0 Å². The van der Waals surface area contributed by atoms with Crippen LogP contribution in [0.5, 0.6) is 0 Å². The summed E-state index contributed by atoms with van der Waals surface area (Å²) in [6.07, 6.45) is 0. The Balaban J connectivity index is 1.89. The van der Waals surface area contributed by atoms with E-state index in [1.54, 1.807) is 20.1 Å². The van der Waals surface area contributed by atoms with E-state index in [0.717, 1.165) is 17.7 Å². The molecule has 20 heavy (non-hydrogen) atoms. The fraction of sp³-hybridized carbons (Fsp3) is 0.294. The number of ether oxygens (including phenoxy) is 1. The van der Waals surface area contributed by atoms with Crippen molar-refractivity contribution in [1.29, 1.82) is 0 Å². The minimum absolute atomic E-state index is 0.147. The van der Waals surface area contributed by atoms with Gasteiger partial charge in [0, 0.05) is 20.2 Å². The van der Waals surface area contributed by atoms with Crippen LogP contribution >= 0.6 is 0 Å². The van der Waals surface area contributed by atoms with Crippen LogP contribution in [0, 0.1) is 12.7 Å². The third kappa shape index (κ3) is 4.15. The van der Waals surface area contributed by atoms with E-state index in [4.69, 9.17) is 4.74 Å². The zero-order valence-corrected chi connectivity index (χ0v) is 11.9. The van der Waals surface area contributed by atoms with Crippen LogP contribution in [-0.4, -0.2) is 7.11 Å². The molecule has 0 atom stereocenters. The van der Waals surface area contributed by atoms with Crippen LogP contribution < -0.4 is 5.32 Å². The molecule has 1 N–H and O–H groups in total. The first-order valence-electron chi connectivity index (χ1n) is 6.71. The first kappa shape index (κ1) is 14.7. The maximum absolute atomic E-state index is 13.4. The highest BCUT2D eigenvalue weighted by molar-refractivity contribution is 5.24. The van der Waals surface area contributed by atoms with Crippen LogP contribution in [0.25, 0.3) is 0 Å². The Labute approximate surface area is 119 Å². The van der Waals surface area contributed by atoms with Gasteiger partial charge in [0.2, 0.25) is 0 Å². The molecule has 2 nitrogen and oxygen atoms in total. The van der Waals surface area contributed by atoms with Crippen molar-refractivity contribution in [2.75, 3.05) is 7.11 Å². The smallest absolute Gasteiger partial charge is 0.126 e. The molecule has 0 saturated carbocycles. The second kappa shape index (κ2) is 7.17. The zero-order chi connectivity index (χ0) is 14.4. The summed E-state index contributed by atoms with van der Waals surface area (Å²) in [5, 5.41) is 3.33. The monoisotopic (exact) mass is 273 g/mol. The van der Waals surface area contributed by atoms with Crippen molar-refractivity contribution < 1.29 is 9.13 Å². The van der Waals surface area contributed by atoms with Gasteiger partial charge in [0.05, 0.1) is 6.61 Å². The normalized spacial score (nSPS) is 10.8. The fourth-order valence-electron chi connectivity index (χ4n) is 2.09.